The maximum Gasteiger partial charge on any atom is 0.264 e. The Balaban J connectivity index is 2.19. The molecule has 0 spiro atoms. The zero-order chi connectivity index (χ0) is 15.4. The first-order valence-corrected chi connectivity index (χ1v) is 6.86. The molecule has 1 heterocycles. The number of allylic oxidation sites excluding steroid dienone is 2. The molecule has 0 atom stereocenters. The molecule has 1 aromatic rings. The highest BCUT2D eigenvalue weighted by Crippen LogP contribution is 2.15. The van der Waals surface area contributed by atoms with E-state index in [2.05, 4.69) is 0 Å². The average molecular weight is 283 g/mol. The molecule has 108 valence electrons. The fourth-order valence-electron chi connectivity index (χ4n) is 2.12. The molecule has 2 amide bonds. The maximum atomic E-state index is 12.0. The molecule has 1 aliphatic heterocycles. The van der Waals surface area contributed by atoms with Crippen molar-refractivity contribution >= 4 is 23.7 Å². The number of amides is 2. The van der Waals surface area contributed by atoms with Crippen LogP contribution in [0.3, 0.4) is 0 Å². The van der Waals surface area contributed by atoms with E-state index in [1.807, 2.05) is 37.3 Å². The number of imide groups is 1. The van der Waals surface area contributed by atoms with Crippen LogP contribution in [0.1, 0.15) is 24.5 Å². The number of hydrogen-bond donors (Lipinski definition) is 0. The molecule has 0 bridgehead atoms. The summed E-state index contributed by atoms with van der Waals surface area (Å²) in [5, 5.41) is 0. The summed E-state index contributed by atoms with van der Waals surface area (Å²) >= 11 is 0. The average Bonchev–Trinajstić information content (AvgIpc) is 2.44. The van der Waals surface area contributed by atoms with Gasteiger partial charge in [0.2, 0.25) is 5.91 Å². The summed E-state index contributed by atoms with van der Waals surface area (Å²) in [5.41, 5.74) is 2.22. The Morgan fingerprint density at radius 2 is 1.81 bits per heavy atom. The van der Waals surface area contributed by atoms with Crippen molar-refractivity contribution in [3.63, 3.8) is 0 Å². The zero-order valence-electron chi connectivity index (χ0n) is 12.1. The molecule has 4 heteroatoms. The van der Waals surface area contributed by atoms with Crippen molar-refractivity contribution in [3.8, 4) is 0 Å². The summed E-state index contributed by atoms with van der Waals surface area (Å²) in [4.78, 5) is 36.5. The van der Waals surface area contributed by atoms with Gasteiger partial charge in [-0.15, -0.1) is 0 Å². The number of aryl methyl sites for hydroxylation is 1. The number of benzene rings is 1. The minimum Gasteiger partial charge on any atom is -0.293 e. The predicted octanol–water partition coefficient (Wildman–Crippen LogP) is 2.28. The van der Waals surface area contributed by atoms with Gasteiger partial charge in [0.05, 0.1) is 12.0 Å². The number of Topliss-reactive ketones (excluding diaryl/α,β-unsaturated/α-hetero) is 1. The van der Waals surface area contributed by atoms with E-state index in [4.69, 9.17) is 0 Å². The molecule has 2 rings (SSSR count). The lowest BCUT2D eigenvalue weighted by molar-refractivity contribution is -0.147. The lowest BCUT2D eigenvalue weighted by Gasteiger charge is -2.24. The number of carbonyl (C=O) groups excluding carboxylic acids is 3. The molecule has 1 aliphatic rings. The Bertz CT molecular complexity index is 639. The van der Waals surface area contributed by atoms with Crippen molar-refractivity contribution in [2.45, 2.75) is 20.3 Å². The van der Waals surface area contributed by atoms with Gasteiger partial charge in [-0.3, -0.25) is 19.3 Å². The van der Waals surface area contributed by atoms with E-state index in [1.165, 1.54) is 11.6 Å². The lowest BCUT2D eigenvalue weighted by Crippen LogP contribution is -2.44. The number of ketones is 1. The third-order valence-electron chi connectivity index (χ3n) is 3.33. The highest BCUT2D eigenvalue weighted by atomic mass is 16.2. The van der Waals surface area contributed by atoms with E-state index in [0.717, 1.165) is 10.5 Å². The number of likely N-dealkylation sites (N-methyl/N-ethyl adjacent to an activating group) is 1. The van der Waals surface area contributed by atoms with Gasteiger partial charge >= 0.3 is 0 Å². The zero-order valence-corrected chi connectivity index (χ0v) is 12.1. The summed E-state index contributed by atoms with van der Waals surface area (Å²) in [5.74, 6) is -1.34. The molecule has 0 radical (unpaired) electrons. The summed E-state index contributed by atoms with van der Waals surface area (Å²) < 4.78 is 0. The Kier molecular flexibility index (Phi) is 4.48. The van der Waals surface area contributed by atoms with Crippen LogP contribution in [0.15, 0.2) is 42.0 Å². The van der Waals surface area contributed by atoms with E-state index in [1.54, 1.807) is 13.0 Å². The summed E-state index contributed by atoms with van der Waals surface area (Å²) in [6.45, 7) is 4.00. The first-order valence-electron chi connectivity index (χ1n) is 6.86. The van der Waals surface area contributed by atoms with Crippen molar-refractivity contribution in [2.75, 3.05) is 6.54 Å². The monoisotopic (exact) mass is 283 g/mol. The summed E-state index contributed by atoms with van der Waals surface area (Å²) in [6, 6.07) is 7.88. The Labute approximate surface area is 123 Å². The van der Waals surface area contributed by atoms with E-state index >= 15 is 0 Å². The molecular formula is C17H17NO3. The second kappa shape index (κ2) is 6.31. The minimum atomic E-state index is -0.507. The second-order valence-electron chi connectivity index (χ2n) is 4.89. The molecule has 0 N–H and O–H groups in total. The number of hydrogen-bond acceptors (Lipinski definition) is 3. The largest absolute Gasteiger partial charge is 0.293 e. The number of nitrogens with zero attached hydrogens (tertiary/aromatic N) is 1. The first kappa shape index (κ1) is 14.9. The van der Waals surface area contributed by atoms with E-state index in [0.29, 0.717) is 0 Å². The van der Waals surface area contributed by atoms with Gasteiger partial charge in [-0.25, -0.2) is 0 Å². The molecule has 1 saturated heterocycles. The van der Waals surface area contributed by atoms with Crippen LogP contribution >= 0.6 is 0 Å². The lowest BCUT2D eigenvalue weighted by atomic mass is 10.0. The molecule has 0 aromatic heterocycles. The molecule has 0 unspecified atom stereocenters. The fraction of sp³-hybridized carbons (Fsp3) is 0.235. The number of carbonyl (C=O) groups is 3. The SMILES string of the molecule is CCN1C(=O)CC(=O)/C(=C\C=C\c2ccc(C)cc2)C1=O. The van der Waals surface area contributed by atoms with Crippen LogP contribution in [-0.4, -0.2) is 29.0 Å². The van der Waals surface area contributed by atoms with Crippen LogP contribution in [-0.2, 0) is 14.4 Å². The number of piperidine rings is 1. The van der Waals surface area contributed by atoms with Crippen molar-refractivity contribution in [1.82, 2.24) is 4.90 Å². The number of likely N-dealkylation sites (tertiary alicyclic amines) is 1. The van der Waals surface area contributed by atoms with E-state index in [-0.39, 0.29) is 18.5 Å². The molecule has 1 aromatic carbocycles. The Morgan fingerprint density at radius 1 is 1.14 bits per heavy atom. The van der Waals surface area contributed by atoms with Crippen LogP contribution in [0.5, 0.6) is 0 Å². The smallest absolute Gasteiger partial charge is 0.264 e. The second-order valence-corrected chi connectivity index (χ2v) is 4.89. The first-order chi connectivity index (χ1) is 10.0. The van der Waals surface area contributed by atoms with E-state index in [9.17, 15) is 14.4 Å². The quantitative estimate of drug-likeness (QED) is 0.370. The summed E-state index contributed by atoms with van der Waals surface area (Å²) in [6.07, 6.45) is 4.74. The third kappa shape index (κ3) is 3.34. The van der Waals surface area contributed by atoms with Gasteiger partial charge in [-0.2, -0.15) is 0 Å². The van der Waals surface area contributed by atoms with Crippen molar-refractivity contribution in [1.29, 1.82) is 0 Å². The van der Waals surface area contributed by atoms with E-state index < -0.39 is 17.6 Å². The van der Waals surface area contributed by atoms with Gasteiger partial charge in [0, 0.05) is 6.54 Å². The van der Waals surface area contributed by atoms with Crippen LogP contribution in [0.4, 0.5) is 0 Å². The van der Waals surface area contributed by atoms with Crippen molar-refractivity contribution < 1.29 is 14.4 Å². The summed E-state index contributed by atoms with van der Waals surface area (Å²) in [7, 11) is 0. The van der Waals surface area contributed by atoms with Gasteiger partial charge < -0.3 is 0 Å². The van der Waals surface area contributed by atoms with Gasteiger partial charge in [0.25, 0.3) is 5.91 Å². The number of rotatable bonds is 3. The van der Waals surface area contributed by atoms with Gasteiger partial charge in [-0.05, 0) is 25.5 Å². The maximum absolute atomic E-state index is 12.0. The normalized spacial score (nSPS) is 18.1. The minimum absolute atomic E-state index is 0.0693. The van der Waals surface area contributed by atoms with Crippen LogP contribution in [0.25, 0.3) is 6.08 Å². The molecule has 21 heavy (non-hydrogen) atoms. The Morgan fingerprint density at radius 3 is 2.43 bits per heavy atom. The third-order valence-corrected chi connectivity index (χ3v) is 3.33. The molecule has 1 fully saturated rings. The van der Waals surface area contributed by atoms with Crippen molar-refractivity contribution in [3.05, 3.63) is 53.1 Å². The van der Waals surface area contributed by atoms with Crippen LogP contribution < -0.4 is 0 Å². The van der Waals surface area contributed by atoms with Crippen molar-refractivity contribution in [2.24, 2.45) is 0 Å². The molecule has 0 saturated carbocycles. The van der Waals surface area contributed by atoms with Crippen LogP contribution in [0, 0.1) is 6.92 Å². The molecular weight excluding hydrogens is 266 g/mol. The van der Waals surface area contributed by atoms with Gasteiger partial charge in [0.15, 0.2) is 5.78 Å². The Hall–Kier alpha value is -2.49. The fourth-order valence-corrected chi connectivity index (χ4v) is 2.12. The van der Waals surface area contributed by atoms with Crippen LogP contribution in [0.2, 0.25) is 0 Å². The topological polar surface area (TPSA) is 54.5 Å². The predicted molar refractivity (Wildman–Crippen MR) is 80.3 cm³/mol. The standard InChI is InChI=1S/C17H17NO3/c1-3-18-16(20)11-15(19)14(17(18)21)6-4-5-13-9-7-12(2)8-10-13/h4-10H,3,11H2,1-2H3/b5-4+,14-6+. The van der Waals surface area contributed by atoms with Gasteiger partial charge in [0.1, 0.15) is 0 Å². The highest BCUT2D eigenvalue weighted by Gasteiger charge is 2.34. The molecule has 0 aliphatic carbocycles. The highest BCUT2D eigenvalue weighted by molar-refractivity contribution is 6.30. The molecule has 4 nitrogen and oxygen atoms in total. The van der Waals surface area contributed by atoms with Gasteiger partial charge in [-0.1, -0.05) is 42.0 Å².